The zero-order valence-corrected chi connectivity index (χ0v) is 15.9. The minimum Gasteiger partial charge on any atom is -0.402 e. The quantitative estimate of drug-likeness (QED) is 0.564. The highest BCUT2D eigenvalue weighted by molar-refractivity contribution is 5.58. The van der Waals surface area contributed by atoms with E-state index in [1.165, 1.54) is 5.56 Å². The third-order valence-electron chi connectivity index (χ3n) is 5.24. The van der Waals surface area contributed by atoms with Gasteiger partial charge in [-0.1, -0.05) is 25.0 Å². The van der Waals surface area contributed by atoms with Gasteiger partial charge in [0, 0.05) is 24.9 Å². The number of imidazole rings is 1. The van der Waals surface area contributed by atoms with Crippen LogP contribution >= 0.6 is 0 Å². The van der Waals surface area contributed by atoms with Gasteiger partial charge in [0.15, 0.2) is 0 Å². The van der Waals surface area contributed by atoms with Crippen molar-refractivity contribution in [3.63, 3.8) is 0 Å². The monoisotopic (exact) mass is 399 g/mol. The third kappa shape index (κ3) is 2.86. The molecule has 150 valence electrons. The summed E-state index contributed by atoms with van der Waals surface area (Å²) >= 11 is 0. The molecule has 5 heterocycles. The smallest absolute Gasteiger partial charge is 0.319 e. The van der Waals surface area contributed by atoms with Crippen LogP contribution in [-0.4, -0.2) is 36.3 Å². The number of hydrogen-bond acceptors (Lipinski definition) is 6. The number of fused-ring (bicyclic) bond motifs is 2. The van der Waals surface area contributed by atoms with Gasteiger partial charge in [0.05, 0.1) is 23.2 Å². The van der Waals surface area contributed by atoms with Crippen LogP contribution in [0.15, 0.2) is 35.1 Å². The topological polar surface area (TPSA) is 88.1 Å². The number of nitrogens with zero attached hydrogens (tertiary/aromatic N) is 6. The summed E-state index contributed by atoms with van der Waals surface area (Å²) in [5, 5.41) is 12.1. The molecule has 0 saturated carbocycles. The molecule has 0 fully saturated rings. The van der Waals surface area contributed by atoms with Gasteiger partial charge in [-0.2, -0.15) is 13.9 Å². The lowest BCUT2D eigenvalue weighted by Crippen LogP contribution is -2.36. The van der Waals surface area contributed by atoms with Crippen molar-refractivity contribution in [2.75, 3.05) is 11.4 Å². The van der Waals surface area contributed by atoms with Gasteiger partial charge in [0.25, 0.3) is 5.89 Å². The lowest BCUT2D eigenvalue weighted by atomic mass is 9.99. The van der Waals surface area contributed by atoms with Gasteiger partial charge in [-0.3, -0.25) is 0 Å². The number of aromatic nitrogens is 6. The number of H-pyrrole nitrogens is 1. The van der Waals surface area contributed by atoms with E-state index in [1.54, 1.807) is 11.2 Å². The largest absolute Gasteiger partial charge is 0.402 e. The molecule has 0 saturated heterocycles. The van der Waals surface area contributed by atoms with Crippen molar-refractivity contribution in [3.05, 3.63) is 59.3 Å². The van der Waals surface area contributed by atoms with Crippen LogP contribution in [0.5, 0.6) is 0 Å². The first kappa shape index (κ1) is 17.8. The Balaban J connectivity index is 1.65. The lowest BCUT2D eigenvalue weighted by molar-refractivity contribution is 0.115. The number of alkyl halides is 2. The van der Waals surface area contributed by atoms with E-state index in [9.17, 15) is 8.78 Å². The number of pyridine rings is 1. The molecule has 1 aliphatic heterocycles. The number of aromatic amines is 1. The second-order valence-electron chi connectivity index (χ2n) is 7.35. The number of hydrogen-bond donors (Lipinski definition) is 1. The average molecular weight is 399 g/mol. The molecule has 0 radical (unpaired) electrons. The van der Waals surface area contributed by atoms with E-state index >= 15 is 0 Å². The van der Waals surface area contributed by atoms with E-state index in [2.05, 4.69) is 40.1 Å². The normalized spacial score (nSPS) is 16.9. The van der Waals surface area contributed by atoms with Crippen LogP contribution in [-0.2, 0) is 6.42 Å². The molecule has 29 heavy (non-hydrogen) atoms. The first-order valence-electron chi connectivity index (χ1n) is 9.41. The maximum atomic E-state index is 13.0. The summed E-state index contributed by atoms with van der Waals surface area (Å²) in [5.74, 6) is -0.361. The predicted molar refractivity (Wildman–Crippen MR) is 100 cm³/mol. The van der Waals surface area contributed by atoms with Crippen LogP contribution < -0.4 is 4.90 Å². The van der Waals surface area contributed by atoms with Gasteiger partial charge >= 0.3 is 12.4 Å². The molecule has 10 heteroatoms. The molecule has 0 amide bonds. The SMILES string of the molecule is CC(C)c1cccn2nc([C@H]3c4nc[nH]c4CCN3c3nnc(C(F)F)o3)cc12. The van der Waals surface area contributed by atoms with Crippen molar-refractivity contribution in [1.82, 2.24) is 29.8 Å². The standard InChI is InChI=1S/C19H19F2N7O/c1-10(2)11-4-3-6-28-14(11)8-13(26-28)16-15-12(22-9-23-15)5-7-27(16)19-25-24-18(29-19)17(20)21/h3-4,6,8-10,16-17H,5,7H2,1-2H3,(H,22,23)/t16-/m0/s1. The van der Waals surface area contributed by atoms with Crippen LogP contribution in [0.25, 0.3) is 5.52 Å². The van der Waals surface area contributed by atoms with Gasteiger partial charge in [0.1, 0.15) is 6.04 Å². The lowest BCUT2D eigenvalue weighted by Gasteiger charge is -2.32. The first-order valence-corrected chi connectivity index (χ1v) is 9.41. The Morgan fingerprint density at radius 1 is 1.28 bits per heavy atom. The highest BCUT2D eigenvalue weighted by atomic mass is 19.3. The Morgan fingerprint density at radius 2 is 2.14 bits per heavy atom. The summed E-state index contributed by atoms with van der Waals surface area (Å²) in [5.41, 5.74) is 4.68. The molecule has 4 aromatic heterocycles. The molecule has 0 bridgehead atoms. The van der Waals surface area contributed by atoms with E-state index in [1.807, 2.05) is 22.8 Å². The summed E-state index contributed by atoms with van der Waals surface area (Å²) in [6.45, 7) is 4.77. The zero-order valence-electron chi connectivity index (χ0n) is 15.9. The van der Waals surface area contributed by atoms with Crippen molar-refractivity contribution < 1.29 is 13.2 Å². The maximum Gasteiger partial charge on any atom is 0.319 e. The second-order valence-corrected chi connectivity index (χ2v) is 7.35. The fourth-order valence-electron chi connectivity index (χ4n) is 3.89. The molecule has 0 spiro atoms. The van der Waals surface area contributed by atoms with E-state index < -0.39 is 18.4 Å². The maximum absolute atomic E-state index is 13.0. The van der Waals surface area contributed by atoms with Crippen molar-refractivity contribution in [2.45, 2.75) is 38.7 Å². The third-order valence-corrected chi connectivity index (χ3v) is 5.24. The number of anilines is 1. The number of halogens is 2. The van der Waals surface area contributed by atoms with Crippen LogP contribution in [0.1, 0.15) is 60.8 Å². The zero-order chi connectivity index (χ0) is 20.1. The fraction of sp³-hybridized carbons (Fsp3) is 0.368. The van der Waals surface area contributed by atoms with Gasteiger partial charge in [0.2, 0.25) is 0 Å². The van der Waals surface area contributed by atoms with E-state index in [0.717, 1.165) is 22.6 Å². The van der Waals surface area contributed by atoms with Crippen molar-refractivity contribution in [3.8, 4) is 0 Å². The Hall–Kier alpha value is -3.30. The van der Waals surface area contributed by atoms with E-state index in [-0.39, 0.29) is 6.01 Å². The molecule has 0 aromatic carbocycles. The predicted octanol–water partition coefficient (Wildman–Crippen LogP) is 3.65. The van der Waals surface area contributed by atoms with Crippen molar-refractivity contribution in [2.24, 2.45) is 0 Å². The summed E-state index contributed by atoms with van der Waals surface area (Å²) < 4.78 is 33.0. The first-order chi connectivity index (χ1) is 14.0. The summed E-state index contributed by atoms with van der Waals surface area (Å²) in [4.78, 5) is 9.42. The Kier molecular flexibility index (Phi) is 4.07. The van der Waals surface area contributed by atoms with Crippen molar-refractivity contribution in [1.29, 1.82) is 0 Å². The average Bonchev–Trinajstić information content (AvgIpc) is 3.44. The second kappa shape index (κ2) is 6.64. The Morgan fingerprint density at radius 3 is 2.90 bits per heavy atom. The molecule has 0 aliphatic carbocycles. The molecule has 1 atom stereocenters. The fourth-order valence-corrected chi connectivity index (χ4v) is 3.89. The highest BCUT2D eigenvalue weighted by Crippen LogP contribution is 2.37. The molecule has 1 aliphatic rings. The van der Waals surface area contributed by atoms with Crippen LogP contribution in [0.4, 0.5) is 14.8 Å². The highest BCUT2D eigenvalue weighted by Gasteiger charge is 2.36. The van der Waals surface area contributed by atoms with Crippen LogP contribution in [0.3, 0.4) is 0 Å². The molecule has 4 aromatic rings. The minimum atomic E-state index is -2.82. The molecular weight excluding hydrogens is 380 g/mol. The van der Waals surface area contributed by atoms with Crippen LogP contribution in [0, 0.1) is 0 Å². The molecule has 1 N–H and O–H groups in total. The Bertz CT molecular complexity index is 1160. The molecule has 5 rings (SSSR count). The van der Waals surface area contributed by atoms with Crippen LogP contribution in [0.2, 0.25) is 0 Å². The van der Waals surface area contributed by atoms with E-state index in [0.29, 0.717) is 18.9 Å². The van der Waals surface area contributed by atoms with Gasteiger partial charge < -0.3 is 14.3 Å². The number of nitrogens with one attached hydrogen (secondary N) is 1. The molecule has 0 unspecified atom stereocenters. The van der Waals surface area contributed by atoms with E-state index in [4.69, 9.17) is 9.52 Å². The Labute approximate surface area is 164 Å². The number of rotatable bonds is 4. The van der Waals surface area contributed by atoms with Gasteiger partial charge in [-0.25, -0.2) is 9.50 Å². The molecular formula is C19H19F2N7O. The summed E-state index contributed by atoms with van der Waals surface area (Å²) in [7, 11) is 0. The molecule has 8 nitrogen and oxygen atoms in total. The van der Waals surface area contributed by atoms with Gasteiger partial charge in [-0.05, 0) is 23.6 Å². The summed E-state index contributed by atoms with van der Waals surface area (Å²) in [6, 6.07) is 5.68. The minimum absolute atomic E-state index is 0.0417. The van der Waals surface area contributed by atoms with Crippen molar-refractivity contribution >= 4 is 11.5 Å². The van der Waals surface area contributed by atoms with Gasteiger partial charge in [-0.15, -0.1) is 5.10 Å². The summed E-state index contributed by atoms with van der Waals surface area (Å²) in [6.07, 6.45) is 1.37.